The van der Waals surface area contributed by atoms with E-state index in [0.29, 0.717) is 24.2 Å². The Morgan fingerprint density at radius 1 is 1.20 bits per heavy atom. The molecule has 0 unspecified atom stereocenters. The fourth-order valence-electron chi connectivity index (χ4n) is 1.87. The van der Waals surface area contributed by atoms with Crippen LogP contribution in [0.3, 0.4) is 0 Å². The molecular weight excluding hydrogens is 443 g/mol. The maximum atomic E-state index is 13.6. The molecule has 0 amide bonds. The molecule has 138 valence electrons. The molecule has 0 spiro atoms. The van der Waals surface area contributed by atoms with Gasteiger partial charge in [-0.25, -0.2) is 8.78 Å². The number of halogens is 3. The highest BCUT2D eigenvalue weighted by molar-refractivity contribution is 14.0. The van der Waals surface area contributed by atoms with E-state index in [1.807, 2.05) is 20.8 Å². The molecule has 0 radical (unpaired) electrons. The first kappa shape index (κ1) is 21.3. The number of rotatable bonds is 4. The second kappa shape index (κ2) is 9.07. The zero-order chi connectivity index (χ0) is 17.7. The number of hydrogen-bond donors (Lipinski definition) is 2. The molecule has 2 rings (SSSR count). The van der Waals surface area contributed by atoms with Crippen molar-refractivity contribution in [3.05, 3.63) is 47.1 Å². The maximum Gasteiger partial charge on any atom is 0.232 e. The van der Waals surface area contributed by atoms with Crippen molar-refractivity contribution < 1.29 is 13.3 Å². The quantitative estimate of drug-likeness (QED) is 0.413. The monoisotopic (exact) mass is 465 g/mol. The summed E-state index contributed by atoms with van der Waals surface area (Å²) in [6.07, 6.45) is 0. The van der Waals surface area contributed by atoms with E-state index in [2.05, 4.69) is 25.8 Å². The van der Waals surface area contributed by atoms with Gasteiger partial charge in [-0.2, -0.15) is 4.98 Å². The van der Waals surface area contributed by atoms with E-state index in [1.165, 1.54) is 0 Å². The predicted molar refractivity (Wildman–Crippen MR) is 102 cm³/mol. The van der Waals surface area contributed by atoms with E-state index in [4.69, 9.17) is 4.52 Å². The minimum Gasteiger partial charge on any atom is -0.352 e. The molecule has 0 atom stereocenters. The first-order valence-electron chi connectivity index (χ1n) is 7.51. The largest absolute Gasteiger partial charge is 0.352 e. The minimum absolute atomic E-state index is 0. The number of guanidine groups is 1. The van der Waals surface area contributed by atoms with E-state index in [9.17, 15) is 8.78 Å². The van der Waals surface area contributed by atoms with Crippen LogP contribution < -0.4 is 10.6 Å². The summed E-state index contributed by atoms with van der Waals surface area (Å²) < 4.78 is 31.9. The Hall–Kier alpha value is -1.78. The van der Waals surface area contributed by atoms with Crippen molar-refractivity contribution >= 4 is 29.9 Å². The Balaban J connectivity index is 0.00000312. The molecule has 1 heterocycles. The van der Waals surface area contributed by atoms with Gasteiger partial charge in [0.05, 0.1) is 6.54 Å². The highest BCUT2D eigenvalue weighted by Gasteiger charge is 2.21. The average Bonchev–Trinajstić information content (AvgIpc) is 3.00. The maximum absolute atomic E-state index is 13.6. The smallest absolute Gasteiger partial charge is 0.232 e. The lowest BCUT2D eigenvalue weighted by Crippen LogP contribution is -2.36. The molecular formula is C16H22F2IN5O. The van der Waals surface area contributed by atoms with Gasteiger partial charge >= 0.3 is 0 Å². The minimum atomic E-state index is -0.488. The molecule has 0 aliphatic rings. The van der Waals surface area contributed by atoms with Crippen molar-refractivity contribution in [3.63, 3.8) is 0 Å². The average molecular weight is 465 g/mol. The Labute approximate surface area is 162 Å². The SMILES string of the molecule is CN=C(NCc1noc(C(C)(C)C)n1)NCc1cc(F)ccc1F.I. The zero-order valence-corrected chi connectivity index (χ0v) is 16.9. The van der Waals surface area contributed by atoms with Crippen LogP contribution in [0.1, 0.15) is 38.0 Å². The van der Waals surface area contributed by atoms with Crippen LogP contribution in [0.2, 0.25) is 0 Å². The van der Waals surface area contributed by atoms with E-state index in [1.54, 1.807) is 7.05 Å². The molecule has 1 aromatic heterocycles. The summed E-state index contributed by atoms with van der Waals surface area (Å²) in [7, 11) is 1.58. The van der Waals surface area contributed by atoms with Crippen molar-refractivity contribution in [2.45, 2.75) is 39.3 Å². The number of nitrogens with zero attached hydrogens (tertiary/aromatic N) is 3. The number of aliphatic imine (C=N–C) groups is 1. The lowest BCUT2D eigenvalue weighted by atomic mass is 9.97. The Morgan fingerprint density at radius 3 is 2.48 bits per heavy atom. The van der Waals surface area contributed by atoms with Gasteiger partial charge in [0.1, 0.15) is 11.6 Å². The number of aromatic nitrogens is 2. The van der Waals surface area contributed by atoms with Crippen LogP contribution in [-0.4, -0.2) is 23.1 Å². The third-order valence-electron chi connectivity index (χ3n) is 3.20. The lowest BCUT2D eigenvalue weighted by Gasteiger charge is -2.11. The van der Waals surface area contributed by atoms with Gasteiger partial charge in [-0.3, -0.25) is 4.99 Å². The van der Waals surface area contributed by atoms with Crippen molar-refractivity contribution in [1.29, 1.82) is 0 Å². The van der Waals surface area contributed by atoms with E-state index < -0.39 is 11.6 Å². The molecule has 0 saturated heterocycles. The molecule has 9 heteroatoms. The zero-order valence-electron chi connectivity index (χ0n) is 14.6. The molecule has 1 aromatic carbocycles. The summed E-state index contributed by atoms with van der Waals surface area (Å²) in [5.41, 5.74) is -0.00683. The van der Waals surface area contributed by atoms with Crippen molar-refractivity contribution in [1.82, 2.24) is 20.8 Å². The van der Waals surface area contributed by atoms with Crippen LogP contribution in [0.4, 0.5) is 8.78 Å². The highest BCUT2D eigenvalue weighted by atomic mass is 127. The number of benzene rings is 1. The molecule has 2 aromatic rings. The molecule has 25 heavy (non-hydrogen) atoms. The van der Waals surface area contributed by atoms with Crippen LogP contribution in [0.15, 0.2) is 27.7 Å². The van der Waals surface area contributed by atoms with Crippen LogP contribution >= 0.6 is 24.0 Å². The third kappa shape index (κ3) is 6.22. The van der Waals surface area contributed by atoms with Gasteiger partial charge in [-0.05, 0) is 18.2 Å². The fraction of sp³-hybridized carbons (Fsp3) is 0.438. The Bertz CT molecular complexity index is 728. The third-order valence-corrected chi connectivity index (χ3v) is 3.20. The van der Waals surface area contributed by atoms with Gasteiger partial charge in [-0.1, -0.05) is 25.9 Å². The predicted octanol–water partition coefficient (Wildman–Crippen LogP) is 3.13. The van der Waals surface area contributed by atoms with Crippen LogP contribution in [0, 0.1) is 11.6 Å². The molecule has 6 nitrogen and oxygen atoms in total. The van der Waals surface area contributed by atoms with Gasteiger partial charge < -0.3 is 15.2 Å². The first-order valence-corrected chi connectivity index (χ1v) is 7.51. The highest BCUT2D eigenvalue weighted by Crippen LogP contribution is 2.19. The molecule has 0 fully saturated rings. The van der Waals surface area contributed by atoms with Gasteiger partial charge in [0.2, 0.25) is 5.89 Å². The van der Waals surface area contributed by atoms with Gasteiger partial charge in [0.25, 0.3) is 0 Å². The second-order valence-electron chi connectivity index (χ2n) is 6.28. The van der Waals surface area contributed by atoms with Crippen molar-refractivity contribution in [2.24, 2.45) is 4.99 Å². The molecule has 0 aliphatic heterocycles. The summed E-state index contributed by atoms with van der Waals surface area (Å²) in [5.74, 6) is 0.481. The second-order valence-corrected chi connectivity index (χ2v) is 6.28. The Morgan fingerprint density at radius 2 is 1.88 bits per heavy atom. The normalized spacial score (nSPS) is 11.8. The number of nitrogens with one attached hydrogen (secondary N) is 2. The fourth-order valence-corrected chi connectivity index (χ4v) is 1.87. The summed E-state index contributed by atoms with van der Waals surface area (Å²) >= 11 is 0. The van der Waals surface area contributed by atoms with Crippen molar-refractivity contribution in [2.75, 3.05) is 7.05 Å². The molecule has 0 bridgehead atoms. The summed E-state index contributed by atoms with van der Waals surface area (Å²) in [6, 6.07) is 3.31. The molecule has 0 aliphatic carbocycles. The van der Waals surface area contributed by atoms with Crippen molar-refractivity contribution in [3.8, 4) is 0 Å². The number of hydrogen-bond acceptors (Lipinski definition) is 4. The van der Waals surface area contributed by atoms with Gasteiger partial charge in [0.15, 0.2) is 11.8 Å². The van der Waals surface area contributed by atoms with Crippen LogP contribution in [0.25, 0.3) is 0 Å². The van der Waals surface area contributed by atoms with Crippen LogP contribution in [-0.2, 0) is 18.5 Å². The van der Waals surface area contributed by atoms with Gasteiger partial charge in [-0.15, -0.1) is 24.0 Å². The van der Waals surface area contributed by atoms with E-state index >= 15 is 0 Å². The Kier molecular flexibility index (Phi) is 7.71. The van der Waals surface area contributed by atoms with E-state index in [0.717, 1.165) is 18.2 Å². The first-order chi connectivity index (χ1) is 11.3. The van der Waals surface area contributed by atoms with Crippen LogP contribution in [0.5, 0.6) is 0 Å². The lowest BCUT2D eigenvalue weighted by molar-refractivity contribution is 0.318. The topological polar surface area (TPSA) is 75.3 Å². The molecule has 2 N–H and O–H groups in total. The summed E-state index contributed by atoms with van der Waals surface area (Å²) in [5, 5.41) is 9.79. The van der Waals surface area contributed by atoms with E-state index in [-0.39, 0.29) is 41.5 Å². The standard InChI is InChI=1S/C16H21F2N5O.HI/c1-16(2,3)14-22-13(23-24-14)9-21-15(19-4)20-8-10-7-11(17)5-6-12(10)18;/h5-7H,8-9H2,1-4H3,(H2,19,20,21);1H. The van der Waals surface area contributed by atoms with Gasteiger partial charge in [0, 0.05) is 24.6 Å². The summed E-state index contributed by atoms with van der Waals surface area (Å²) in [4.78, 5) is 8.32. The summed E-state index contributed by atoms with van der Waals surface area (Å²) in [6.45, 7) is 6.33. The molecule has 0 saturated carbocycles.